The summed E-state index contributed by atoms with van der Waals surface area (Å²) < 4.78 is 2.04. The van der Waals surface area contributed by atoms with Crippen LogP contribution in [0, 0.1) is 0 Å². The van der Waals surface area contributed by atoms with Gasteiger partial charge in [0.25, 0.3) is 0 Å². The first kappa shape index (κ1) is 10.8. The Bertz CT molecular complexity index is 503. The predicted octanol–water partition coefficient (Wildman–Crippen LogP) is 3.20. The van der Waals surface area contributed by atoms with Gasteiger partial charge in [-0.15, -0.1) is 0 Å². The summed E-state index contributed by atoms with van der Waals surface area (Å²) in [5, 5.41) is 5.59. The Hall–Kier alpha value is -0.700. The van der Waals surface area contributed by atoms with Gasteiger partial charge in [0.1, 0.15) is 0 Å². The summed E-state index contributed by atoms with van der Waals surface area (Å²) >= 11 is 12.2. The number of hydrogen-bond acceptors (Lipinski definition) is 1. The van der Waals surface area contributed by atoms with Gasteiger partial charge in [-0.3, -0.25) is 0 Å². The summed E-state index contributed by atoms with van der Waals surface area (Å²) in [6.07, 6.45) is 2.07. The van der Waals surface area contributed by atoms with Gasteiger partial charge in [0.15, 0.2) is 0 Å². The number of benzene rings is 1. The molecule has 0 bridgehead atoms. The van der Waals surface area contributed by atoms with E-state index in [9.17, 15) is 0 Å². The van der Waals surface area contributed by atoms with Crippen molar-refractivity contribution in [1.29, 1.82) is 0 Å². The van der Waals surface area contributed by atoms with Crippen LogP contribution in [-0.2, 0) is 13.6 Å². The lowest BCUT2D eigenvalue weighted by atomic mass is 10.2. The quantitative estimate of drug-likeness (QED) is 0.856. The summed E-state index contributed by atoms with van der Waals surface area (Å²) in [7, 11) is 3.91. The number of hydrogen-bond donors (Lipinski definition) is 1. The normalized spacial score (nSPS) is 11.2. The molecule has 1 aromatic heterocycles. The smallest absolute Gasteiger partial charge is 0.0517 e. The van der Waals surface area contributed by atoms with Gasteiger partial charge in [-0.05, 0) is 24.7 Å². The van der Waals surface area contributed by atoms with Crippen molar-refractivity contribution in [2.24, 2.45) is 7.05 Å². The number of nitrogens with zero attached hydrogens (tertiary/aromatic N) is 1. The van der Waals surface area contributed by atoms with E-state index in [0.29, 0.717) is 10.0 Å². The molecule has 0 aliphatic heterocycles. The minimum Gasteiger partial charge on any atom is -0.350 e. The minimum absolute atomic E-state index is 0.671. The van der Waals surface area contributed by atoms with Gasteiger partial charge in [0.2, 0.25) is 0 Å². The van der Waals surface area contributed by atoms with E-state index < -0.39 is 0 Å². The molecule has 80 valence electrons. The number of fused-ring (bicyclic) bond motifs is 1. The summed E-state index contributed by atoms with van der Waals surface area (Å²) in [6, 6.07) is 3.71. The van der Waals surface area contributed by atoms with Crippen molar-refractivity contribution in [2.45, 2.75) is 6.54 Å². The zero-order valence-electron chi connectivity index (χ0n) is 8.64. The summed E-state index contributed by atoms with van der Waals surface area (Å²) in [4.78, 5) is 0. The van der Waals surface area contributed by atoms with Crippen LogP contribution in [0.15, 0.2) is 18.3 Å². The van der Waals surface area contributed by atoms with E-state index in [1.54, 1.807) is 6.07 Å². The van der Waals surface area contributed by atoms with Crippen molar-refractivity contribution in [3.8, 4) is 0 Å². The lowest BCUT2D eigenvalue weighted by molar-refractivity contribution is 0.815. The van der Waals surface area contributed by atoms with E-state index in [2.05, 4.69) is 11.5 Å². The largest absolute Gasteiger partial charge is 0.350 e. The van der Waals surface area contributed by atoms with Crippen molar-refractivity contribution < 1.29 is 0 Å². The Morgan fingerprint density at radius 3 is 2.73 bits per heavy atom. The van der Waals surface area contributed by atoms with Crippen molar-refractivity contribution in [1.82, 2.24) is 9.88 Å². The van der Waals surface area contributed by atoms with Crippen LogP contribution in [0.25, 0.3) is 10.9 Å². The zero-order valence-corrected chi connectivity index (χ0v) is 10.2. The zero-order chi connectivity index (χ0) is 11.0. The Labute approximate surface area is 98.8 Å². The molecule has 0 radical (unpaired) electrons. The molecule has 0 fully saturated rings. The average molecular weight is 243 g/mol. The first-order chi connectivity index (χ1) is 7.13. The van der Waals surface area contributed by atoms with Crippen molar-refractivity contribution >= 4 is 34.1 Å². The third kappa shape index (κ3) is 1.85. The maximum absolute atomic E-state index is 6.19. The van der Waals surface area contributed by atoms with Crippen LogP contribution in [-0.4, -0.2) is 11.6 Å². The molecule has 4 heteroatoms. The number of nitrogens with one attached hydrogen (secondary N) is 1. The monoisotopic (exact) mass is 242 g/mol. The Morgan fingerprint density at radius 2 is 2.07 bits per heavy atom. The molecular weight excluding hydrogens is 231 g/mol. The van der Waals surface area contributed by atoms with Crippen LogP contribution < -0.4 is 5.32 Å². The maximum atomic E-state index is 6.19. The van der Waals surface area contributed by atoms with Crippen LogP contribution >= 0.6 is 23.2 Å². The second-order valence-electron chi connectivity index (χ2n) is 3.58. The Morgan fingerprint density at radius 1 is 1.33 bits per heavy atom. The molecule has 0 aliphatic carbocycles. The minimum atomic E-state index is 0.671. The highest BCUT2D eigenvalue weighted by Gasteiger charge is 2.10. The molecule has 0 unspecified atom stereocenters. The van der Waals surface area contributed by atoms with Crippen LogP contribution in [0.5, 0.6) is 0 Å². The van der Waals surface area contributed by atoms with Crippen LogP contribution in [0.2, 0.25) is 10.0 Å². The number of halogens is 2. The standard InChI is InChI=1S/C11H12Cl2N2/c1-14-5-7-6-15(2)10-4-8(12)3-9(13)11(7)10/h3-4,6,14H,5H2,1-2H3. The molecule has 2 nitrogen and oxygen atoms in total. The van der Waals surface area contributed by atoms with Gasteiger partial charge in [0, 0.05) is 30.2 Å². The highest BCUT2D eigenvalue weighted by molar-refractivity contribution is 6.38. The van der Waals surface area contributed by atoms with Crippen LogP contribution in [0.4, 0.5) is 0 Å². The van der Waals surface area contributed by atoms with Gasteiger partial charge in [-0.1, -0.05) is 23.2 Å². The first-order valence-electron chi connectivity index (χ1n) is 4.71. The van der Waals surface area contributed by atoms with E-state index in [4.69, 9.17) is 23.2 Å². The van der Waals surface area contributed by atoms with Gasteiger partial charge in [-0.2, -0.15) is 0 Å². The van der Waals surface area contributed by atoms with Gasteiger partial charge in [-0.25, -0.2) is 0 Å². The highest BCUT2D eigenvalue weighted by atomic mass is 35.5. The molecule has 2 aromatic rings. The van der Waals surface area contributed by atoms with Crippen molar-refractivity contribution in [3.05, 3.63) is 33.9 Å². The molecule has 0 aliphatic rings. The molecule has 0 amide bonds. The lowest BCUT2D eigenvalue weighted by Gasteiger charge is -2.01. The van der Waals surface area contributed by atoms with E-state index in [1.807, 2.05) is 24.7 Å². The molecule has 2 rings (SSSR count). The molecule has 0 atom stereocenters. The fourth-order valence-electron chi connectivity index (χ4n) is 1.85. The summed E-state index contributed by atoms with van der Waals surface area (Å²) in [5.74, 6) is 0. The molecule has 0 spiro atoms. The third-order valence-electron chi connectivity index (χ3n) is 2.45. The first-order valence-corrected chi connectivity index (χ1v) is 5.46. The topological polar surface area (TPSA) is 17.0 Å². The van der Waals surface area contributed by atoms with Gasteiger partial charge in [0.05, 0.1) is 10.5 Å². The van der Waals surface area contributed by atoms with Crippen molar-refractivity contribution in [3.63, 3.8) is 0 Å². The fraction of sp³-hybridized carbons (Fsp3) is 0.273. The molecule has 15 heavy (non-hydrogen) atoms. The summed E-state index contributed by atoms with van der Waals surface area (Å²) in [5.41, 5.74) is 2.26. The van der Waals surface area contributed by atoms with Gasteiger partial charge < -0.3 is 9.88 Å². The second kappa shape index (κ2) is 4.05. The number of aromatic nitrogens is 1. The van der Waals surface area contributed by atoms with E-state index in [-0.39, 0.29) is 0 Å². The molecule has 1 N–H and O–H groups in total. The highest BCUT2D eigenvalue weighted by Crippen LogP contribution is 2.31. The van der Waals surface area contributed by atoms with E-state index in [1.165, 1.54) is 5.56 Å². The maximum Gasteiger partial charge on any atom is 0.0517 e. The second-order valence-corrected chi connectivity index (χ2v) is 4.42. The molecule has 1 heterocycles. The molecule has 0 saturated heterocycles. The predicted molar refractivity (Wildman–Crippen MR) is 65.7 cm³/mol. The Balaban J connectivity index is 2.75. The van der Waals surface area contributed by atoms with Crippen LogP contribution in [0.3, 0.4) is 0 Å². The number of aryl methyl sites for hydroxylation is 1. The van der Waals surface area contributed by atoms with Gasteiger partial charge >= 0.3 is 0 Å². The Kier molecular flexibility index (Phi) is 2.91. The SMILES string of the molecule is CNCc1cn(C)c2cc(Cl)cc(Cl)c12. The third-order valence-corrected chi connectivity index (χ3v) is 2.97. The molecule has 1 aromatic carbocycles. The fourth-order valence-corrected chi connectivity index (χ4v) is 2.45. The van der Waals surface area contributed by atoms with Crippen LogP contribution in [0.1, 0.15) is 5.56 Å². The van der Waals surface area contributed by atoms with E-state index >= 15 is 0 Å². The van der Waals surface area contributed by atoms with E-state index in [0.717, 1.165) is 17.4 Å². The van der Waals surface area contributed by atoms with Crippen molar-refractivity contribution in [2.75, 3.05) is 7.05 Å². The molecular formula is C11H12Cl2N2. The number of rotatable bonds is 2. The average Bonchev–Trinajstić information content (AvgIpc) is 2.44. The summed E-state index contributed by atoms with van der Waals surface area (Å²) in [6.45, 7) is 0.804. The molecule has 0 saturated carbocycles. The lowest BCUT2D eigenvalue weighted by Crippen LogP contribution is -2.04.